The number of carbonyl (C=O) groups is 2. The van der Waals surface area contributed by atoms with Gasteiger partial charge in [0.25, 0.3) is 0 Å². The molecule has 1 aromatic rings. The Labute approximate surface area is 82.7 Å². The Morgan fingerprint density at radius 1 is 1.50 bits per heavy atom. The number of rotatable bonds is 3. The Kier molecular flexibility index (Phi) is 3.40. The summed E-state index contributed by atoms with van der Waals surface area (Å²) in [6, 6.07) is 7.13. The van der Waals surface area contributed by atoms with E-state index in [-0.39, 0.29) is 0 Å². The van der Waals surface area contributed by atoms with Crippen LogP contribution in [0.1, 0.15) is 12.5 Å². The first-order valence-corrected chi connectivity index (χ1v) is 4.37. The monoisotopic (exact) mass is 192 g/mol. The molecule has 0 fully saturated rings. The van der Waals surface area contributed by atoms with Gasteiger partial charge in [0.1, 0.15) is 18.0 Å². The highest BCUT2D eigenvalue weighted by Crippen LogP contribution is 2.13. The zero-order valence-corrected chi connectivity index (χ0v) is 8.19. The average molecular weight is 192 g/mol. The van der Waals surface area contributed by atoms with Crippen LogP contribution in [0.15, 0.2) is 24.3 Å². The van der Waals surface area contributed by atoms with E-state index in [1.165, 1.54) is 6.92 Å². The van der Waals surface area contributed by atoms with E-state index in [1.807, 2.05) is 13.0 Å². The van der Waals surface area contributed by atoms with Gasteiger partial charge in [-0.25, -0.2) is 0 Å². The third-order valence-electron chi connectivity index (χ3n) is 1.78. The summed E-state index contributed by atoms with van der Waals surface area (Å²) in [5, 5.41) is 0. The van der Waals surface area contributed by atoms with E-state index < -0.39 is 11.9 Å². The molecule has 0 bridgehead atoms. The van der Waals surface area contributed by atoms with Crippen molar-refractivity contribution in [2.24, 2.45) is 5.92 Å². The van der Waals surface area contributed by atoms with Crippen LogP contribution in [0.3, 0.4) is 0 Å². The Morgan fingerprint density at radius 3 is 2.79 bits per heavy atom. The van der Waals surface area contributed by atoms with Crippen LogP contribution < -0.4 is 4.74 Å². The molecule has 0 aliphatic rings. The fourth-order valence-electron chi connectivity index (χ4n) is 0.943. The number of aryl methyl sites for hydroxylation is 1. The summed E-state index contributed by atoms with van der Waals surface area (Å²) < 4.78 is 4.98. The Hall–Kier alpha value is -1.64. The van der Waals surface area contributed by atoms with Crippen molar-refractivity contribution in [2.45, 2.75) is 13.8 Å². The van der Waals surface area contributed by atoms with Crippen molar-refractivity contribution in [1.29, 1.82) is 0 Å². The lowest BCUT2D eigenvalue weighted by Gasteiger charge is -2.05. The molecule has 74 valence electrons. The molecule has 0 aliphatic heterocycles. The maximum Gasteiger partial charge on any atom is 0.321 e. The average Bonchev–Trinajstić information content (AvgIpc) is 2.16. The first-order chi connectivity index (χ1) is 6.63. The summed E-state index contributed by atoms with van der Waals surface area (Å²) in [5.41, 5.74) is 1.01. The summed E-state index contributed by atoms with van der Waals surface area (Å²) in [4.78, 5) is 21.5. The highest BCUT2D eigenvalue weighted by molar-refractivity contribution is 5.88. The molecule has 1 rings (SSSR count). The van der Waals surface area contributed by atoms with E-state index in [1.54, 1.807) is 18.2 Å². The van der Waals surface area contributed by atoms with Gasteiger partial charge in [-0.3, -0.25) is 4.79 Å². The molecule has 1 aromatic carbocycles. The molecule has 0 spiro atoms. The van der Waals surface area contributed by atoms with E-state index in [4.69, 9.17) is 4.74 Å². The molecule has 1 unspecified atom stereocenters. The van der Waals surface area contributed by atoms with Gasteiger partial charge in [-0.05, 0) is 31.5 Å². The van der Waals surface area contributed by atoms with Gasteiger partial charge >= 0.3 is 5.97 Å². The highest BCUT2D eigenvalue weighted by atomic mass is 16.5. The zero-order chi connectivity index (χ0) is 10.6. The number of aldehydes is 1. The minimum absolute atomic E-state index is 0.476. The molecule has 0 radical (unpaired) electrons. The van der Waals surface area contributed by atoms with E-state index in [9.17, 15) is 9.59 Å². The molecule has 0 amide bonds. The second-order valence-corrected chi connectivity index (χ2v) is 3.16. The molecule has 0 aromatic heterocycles. The van der Waals surface area contributed by atoms with Crippen LogP contribution in [0.5, 0.6) is 5.75 Å². The maximum absolute atomic E-state index is 11.2. The number of esters is 1. The quantitative estimate of drug-likeness (QED) is 0.317. The van der Waals surface area contributed by atoms with E-state index in [2.05, 4.69) is 0 Å². The van der Waals surface area contributed by atoms with Gasteiger partial charge in [-0.2, -0.15) is 0 Å². The number of carbonyl (C=O) groups excluding carboxylic acids is 2. The minimum Gasteiger partial charge on any atom is -0.426 e. The molecule has 0 saturated heterocycles. The van der Waals surface area contributed by atoms with Gasteiger partial charge < -0.3 is 9.53 Å². The second-order valence-electron chi connectivity index (χ2n) is 3.16. The predicted octanol–water partition coefficient (Wildman–Crippen LogP) is 1.74. The molecule has 3 nitrogen and oxygen atoms in total. The van der Waals surface area contributed by atoms with Gasteiger partial charge in [0, 0.05) is 0 Å². The van der Waals surface area contributed by atoms with Crippen molar-refractivity contribution >= 4 is 12.3 Å². The fourth-order valence-corrected chi connectivity index (χ4v) is 0.943. The Balaban J connectivity index is 2.69. The highest BCUT2D eigenvalue weighted by Gasteiger charge is 2.13. The second kappa shape index (κ2) is 4.56. The van der Waals surface area contributed by atoms with Gasteiger partial charge in [0.15, 0.2) is 0 Å². The summed E-state index contributed by atoms with van der Waals surface area (Å²) in [5.74, 6) is -0.759. The summed E-state index contributed by atoms with van der Waals surface area (Å²) in [6.45, 7) is 3.41. The molecular formula is C11H12O3. The van der Waals surface area contributed by atoms with Gasteiger partial charge in [0.05, 0.1) is 0 Å². The molecule has 1 atom stereocenters. The smallest absolute Gasteiger partial charge is 0.321 e. The third kappa shape index (κ3) is 2.69. The third-order valence-corrected chi connectivity index (χ3v) is 1.78. The summed E-state index contributed by atoms with van der Waals surface area (Å²) in [6.07, 6.45) is 0.568. The zero-order valence-electron chi connectivity index (χ0n) is 8.19. The van der Waals surface area contributed by atoms with Crippen LogP contribution in [0.25, 0.3) is 0 Å². The van der Waals surface area contributed by atoms with E-state index in [0.717, 1.165) is 5.56 Å². The lowest BCUT2D eigenvalue weighted by Crippen LogP contribution is -2.18. The summed E-state index contributed by atoms with van der Waals surface area (Å²) >= 11 is 0. The number of benzene rings is 1. The Morgan fingerprint density at radius 2 is 2.21 bits per heavy atom. The van der Waals surface area contributed by atoms with Crippen molar-refractivity contribution in [3.8, 4) is 5.75 Å². The van der Waals surface area contributed by atoms with Crippen molar-refractivity contribution in [3.05, 3.63) is 29.8 Å². The van der Waals surface area contributed by atoms with Crippen LogP contribution >= 0.6 is 0 Å². The first kappa shape index (κ1) is 10.4. The SMILES string of the molecule is Cc1cccc(OC(=O)C(C)C=O)c1. The normalized spacial score (nSPS) is 11.9. The molecule has 14 heavy (non-hydrogen) atoms. The van der Waals surface area contributed by atoms with Crippen molar-refractivity contribution in [2.75, 3.05) is 0 Å². The van der Waals surface area contributed by atoms with Crippen LogP contribution in [0.2, 0.25) is 0 Å². The van der Waals surface area contributed by atoms with Crippen molar-refractivity contribution in [3.63, 3.8) is 0 Å². The van der Waals surface area contributed by atoms with Crippen LogP contribution in [0.4, 0.5) is 0 Å². The van der Waals surface area contributed by atoms with Crippen LogP contribution in [-0.4, -0.2) is 12.3 Å². The lowest BCUT2D eigenvalue weighted by molar-refractivity contribution is -0.140. The first-order valence-electron chi connectivity index (χ1n) is 4.37. The maximum atomic E-state index is 11.2. The largest absolute Gasteiger partial charge is 0.426 e. The molecule has 3 heteroatoms. The molecular weight excluding hydrogens is 180 g/mol. The van der Waals surface area contributed by atoms with Gasteiger partial charge in [0.2, 0.25) is 0 Å². The van der Waals surface area contributed by atoms with E-state index >= 15 is 0 Å². The van der Waals surface area contributed by atoms with Crippen LogP contribution in [0, 0.1) is 12.8 Å². The predicted molar refractivity (Wildman–Crippen MR) is 52.0 cm³/mol. The number of ether oxygens (including phenoxy) is 1. The summed E-state index contributed by atoms with van der Waals surface area (Å²) in [7, 11) is 0. The van der Waals surface area contributed by atoms with E-state index in [0.29, 0.717) is 12.0 Å². The standard InChI is InChI=1S/C11H12O3/c1-8-4-3-5-10(6-8)14-11(13)9(2)7-12/h3-7,9H,1-2H3. The number of hydrogen-bond acceptors (Lipinski definition) is 3. The molecule has 0 N–H and O–H groups in total. The number of hydrogen-bond donors (Lipinski definition) is 0. The topological polar surface area (TPSA) is 43.4 Å². The van der Waals surface area contributed by atoms with Crippen molar-refractivity contribution < 1.29 is 14.3 Å². The lowest BCUT2D eigenvalue weighted by atomic mass is 10.2. The minimum atomic E-state index is -0.712. The Bertz CT molecular complexity index is 344. The molecule has 0 saturated carbocycles. The fraction of sp³-hybridized carbons (Fsp3) is 0.273. The van der Waals surface area contributed by atoms with Gasteiger partial charge in [-0.15, -0.1) is 0 Å². The van der Waals surface area contributed by atoms with Crippen LogP contribution in [-0.2, 0) is 9.59 Å². The molecule has 0 heterocycles. The molecule has 0 aliphatic carbocycles. The van der Waals surface area contributed by atoms with Crippen molar-refractivity contribution in [1.82, 2.24) is 0 Å². The van der Waals surface area contributed by atoms with Gasteiger partial charge in [-0.1, -0.05) is 12.1 Å².